The topological polar surface area (TPSA) is 127 Å². The van der Waals surface area contributed by atoms with E-state index in [0.717, 1.165) is 11.1 Å². The van der Waals surface area contributed by atoms with E-state index in [-0.39, 0.29) is 17.0 Å². The molecule has 36 heavy (non-hydrogen) atoms. The van der Waals surface area contributed by atoms with Crippen LogP contribution in [0.2, 0.25) is 0 Å². The van der Waals surface area contributed by atoms with Gasteiger partial charge in [0.25, 0.3) is 5.91 Å². The van der Waals surface area contributed by atoms with E-state index in [2.05, 4.69) is 10.6 Å². The first-order valence-electron chi connectivity index (χ1n) is 11.5. The van der Waals surface area contributed by atoms with E-state index in [0.29, 0.717) is 44.8 Å². The van der Waals surface area contributed by atoms with Gasteiger partial charge in [0.2, 0.25) is 0 Å². The standard InChI is InChI=1S/C28H28N4O4/c1-15-11-21(17(3)31-24-8-6-5-7-20(24)28(34)32-35)27-22(12-15)25(33)16(2)26(36-27)18-9-10-23(29)19(13-18)14-30-4/h5-14,17,29-31,35H,1-4H3,(H,32,34)/b19-14-,29-23?. The molecule has 8 heteroatoms. The lowest BCUT2D eigenvalue weighted by molar-refractivity contribution is 0.0707. The lowest BCUT2D eigenvalue weighted by Gasteiger charge is -2.20. The van der Waals surface area contributed by atoms with Crippen LogP contribution in [0.5, 0.6) is 0 Å². The number of carbonyl (C=O) groups excluding carboxylic acids is 1. The van der Waals surface area contributed by atoms with E-state index in [9.17, 15) is 9.59 Å². The molecule has 3 aromatic rings. The van der Waals surface area contributed by atoms with Crippen molar-refractivity contribution >= 4 is 33.8 Å². The first-order valence-corrected chi connectivity index (χ1v) is 11.5. The van der Waals surface area contributed by atoms with E-state index in [1.807, 2.05) is 32.1 Å². The average Bonchev–Trinajstić information content (AvgIpc) is 2.87. The molecule has 4 rings (SSSR count). The minimum atomic E-state index is -0.629. The number of carbonyl (C=O) groups is 1. The third kappa shape index (κ3) is 4.58. The number of anilines is 1. The van der Waals surface area contributed by atoms with Gasteiger partial charge in [-0.25, -0.2) is 5.48 Å². The minimum absolute atomic E-state index is 0.127. The summed E-state index contributed by atoms with van der Waals surface area (Å²) in [5.74, 6) is -0.188. The Bertz CT molecular complexity index is 1530. The second kappa shape index (κ2) is 10.1. The van der Waals surface area contributed by atoms with E-state index in [4.69, 9.17) is 15.0 Å². The second-order valence-corrected chi connectivity index (χ2v) is 8.70. The smallest absolute Gasteiger partial charge is 0.276 e. The molecule has 5 N–H and O–H groups in total. The fourth-order valence-electron chi connectivity index (χ4n) is 4.32. The number of para-hydroxylation sites is 1. The van der Waals surface area contributed by atoms with Crippen LogP contribution in [-0.2, 0) is 0 Å². The largest absolute Gasteiger partial charge is 0.455 e. The molecular formula is C28H28N4O4. The van der Waals surface area contributed by atoms with Crippen molar-refractivity contribution in [3.05, 3.63) is 105 Å². The molecule has 0 aliphatic heterocycles. The first kappa shape index (κ1) is 24.7. The fourth-order valence-corrected chi connectivity index (χ4v) is 4.32. The van der Waals surface area contributed by atoms with Crippen LogP contribution < -0.4 is 21.5 Å². The van der Waals surface area contributed by atoms with Gasteiger partial charge in [-0.2, -0.15) is 0 Å². The normalized spacial score (nSPS) is 15.1. The molecular weight excluding hydrogens is 456 g/mol. The number of benzene rings is 2. The van der Waals surface area contributed by atoms with Gasteiger partial charge in [-0.05, 0) is 62.8 Å². The van der Waals surface area contributed by atoms with E-state index >= 15 is 0 Å². The van der Waals surface area contributed by atoms with Gasteiger partial charge in [-0.15, -0.1) is 0 Å². The zero-order valence-electron chi connectivity index (χ0n) is 20.5. The monoisotopic (exact) mass is 484 g/mol. The van der Waals surface area contributed by atoms with Crippen LogP contribution in [0.15, 0.2) is 75.6 Å². The molecule has 0 radical (unpaired) electrons. The molecule has 0 bridgehead atoms. The molecule has 0 spiro atoms. The highest BCUT2D eigenvalue weighted by Crippen LogP contribution is 2.32. The number of amides is 1. The Morgan fingerprint density at radius 2 is 1.92 bits per heavy atom. The van der Waals surface area contributed by atoms with Crippen LogP contribution in [0.25, 0.3) is 16.5 Å². The summed E-state index contributed by atoms with van der Waals surface area (Å²) in [6.07, 6.45) is 6.98. The van der Waals surface area contributed by atoms with Gasteiger partial charge in [0.05, 0.1) is 22.7 Å². The van der Waals surface area contributed by atoms with Crippen molar-refractivity contribution in [3.8, 4) is 0 Å². The Hall–Kier alpha value is -4.43. The second-order valence-electron chi connectivity index (χ2n) is 8.70. The molecule has 2 aromatic carbocycles. The Labute approximate surface area is 208 Å². The summed E-state index contributed by atoms with van der Waals surface area (Å²) in [6, 6.07) is 10.3. The van der Waals surface area contributed by atoms with Gasteiger partial charge in [0.1, 0.15) is 11.3 Å². The van der Waals surface area contributed by atoms with Gasteiger partial charge >= 0.3 is 0 Å². The highest BCUT2D eigenvalue weighted by atomic mass is 16.5. The van der Waals surface area contributed by atoms with Crippen molar-refractivity contribution in [2.45, 2.75) is 26.8 Å². The maximum absolute atomic E-state index is 13.4. The SMILES string of the molecule is CN/C=C1/C=C(c2oc3c(C(C)Nc4ccccc4C(=O)NO)cc(C)cc3c(=O)c2C)C=CC1=N. The maximum Gasteiger partial charge on any atom is 0.276 e. The van der Waals surface area contributed by atoms with Crippen LogP contribution in [-0.4, -0.2) is 23.9 Å². The lowest BCUT2D eigenvalue weighted by atomic mass is 9.95. The summed E-state index contributed by atoms with van der Waals surface area (Å²) in [5, 5.41) is 24.0. The van der Waals surface area contributed by atoms with Crippen molar-refractivity contribution in [1.29, 1.82) is 5.41 Å². The molecule has 1 heterocycles. The fraction of sp³-hybridized carbons (Fsp3) is 0.179. The summed E-state index contributed by atoms with van der Waals surface area (Å²) in [6.45, 7) is 5.57. The van der Waals surface area contributed by atoms with Crippen molar-refractivity contribution in [2.24, 2.45) is 0 Å². The summed E-state index contributed by atoms with van der Waals surface area (Å²) in [7, 11) is 1.76. The Morgan fingerprint density at radius 1 is 1.17 bits per heavy atom. The summed E-state index contributed by atoms with van der Waals surface area (Å²) in [5.41, 5.74) is 6.66. The minimum Gasteiger partial charge on any atom is -0.455 e. The molecule has 1 unspecified atom stereocenters. The zero-order chi connectivity index (χ0) is 26.0. The average molecular weight is 485 g/mol. The molecule has 1 aliphatic rings. The predicted octanol–water partition coefficient (Wildman–Crippen LogP) is 4.78. The van der Waals surface area contributed by atoms with Gasteiger partial charge in [-0.3, -0.25) is 14.8 Å². The molecule has 0 fully saturated rings. The highest BCUT2D eigenvalue weighted by molar-refractivity contribution is 6.13. The lowest BCUT2D eigenvalue weighted by Crippen LogP contribution is -2.21. The van der Waals surface area contributed by atoms with E-state index in [1.165, 1.54) is 0 Å². The highest BCUT2D eigenvalue weighted by Gasteiger charge is 2.21. The number of rotatable bonds is 6. The van der Waals surface area contributed by atoms with Crippen molar-refractivity contribution < 1.29 is 14.4 Å². The van der Waals surface area contributed by atoms with E-state index < -0.39 is 5.91 Å². The quantitative estimate of drug-likeness (QED) is 0.253. The van der Waals surface area contributed by atoms with Crippen LogP contribution in [0.4, 0.5) is 5.69 Å². The Balaban J connectivity index is 1.87. The van der Waals surface area contributed by atoms with Gasteiger partial charge in [0.15, 0.2) is 5.43 Å². The van der Waals surface area contributed by atoms with Crippen molar-refractivity contribution in [3.63, 3.8) is 0 Å². The molecule has 0 saturated carbocycles. The van der Waals surface area contributed by atoms with Crippen LogP contribution in [0, 0.1) is 19.3 Å². The zero-order valence-corrected chi connectivity index (χ0v) is 20.5. The molecule has 1 aliphatic carbocycles. The molecule has 184 valence electrons. The third-order valence-electron chi connectivity index (χ3n) is 6.12. The summed E-state index contributed by atoms with van der Waals surface area (Å²) in [4.78, 5) is 25.6. The molecule has 1 atom stereocenters. The van der Waals surface area contributed by atoms with Gasteiger partial charge in [-0.1, -0.05) is 18.2 Å². The van der Waals surface area contributed by atoms with Crippen molar-refractivity contribution in [2.75, 3.05) is 12.4 Å². The number of hydroxylamine groups is 1. The molecule has 0 saturated heterocycles. The predicted molar refractivity (Wildman–Crippen MR) is 142 cm³/mol. The maximum atomic E-state index is 13.4. The Morgan fingerprint density at radius 3 is 2.64 bits per heavy atom. The molecule has 1 aromatic heterocycles. The number of hydrogen-bond acceptors (Lipinski definition) is 7. The summed E-state index contributed by atoms with van der Waals surface area (Å²) >= 11 is 0. The number of allylic oxidation sites excluding steroid dienone is 5. The van der Waals surface area contributed by atoms with Crippen LogP contribution in [0.3, 0.4) is 0 Å². The summed E-state index contributed by atoms with van der Waals surface area (Å²) < 4.78 is 6.42. The van der Waals surface area contributed by atoms with E-state index in [1.54, 1.807) is 62.1 Å². The van der Waals surface area contributed by atoms with Gasteiger partial charge < -0.3 is 20.5 Å². The Kier molecular flexibility index (Phi) is 6.89. The number of fused-ring (bicyclic) bond motifs is 1. The van der Waals surface area contributed by atoms with Crippen molar-refractivity contribution in [1.82, 2.24) is 10.8 Å². The molecule has 1 amide bonds. The molecule has 8 nitrogen and oxygen atoms in total. The van der Waals surface area contributed by atoms with Gasteiger partial charge in [0, 0.05) is 41.2 Å². The number of nitrogens with one attached hydrogen (secondary N) is 4. The third-order valence-corrected chi connectivity index (χ3v) is 6.12. The van der Waals surface area contributed by atoms with Crippen LogP contribution in [0.1, 0.15) is 45.8 Å². The number of aryl methyl sites for hydroxylation is 1. The van der Waals surface area contributed by atoms with Crippen LogP contribution >= 0.6 is 0 Å². The first-order chi connectivity index (χ1) is 17.2. The number of hydrogen-bond donors (Lipinski definition) is 5.